The Bertz CT molecular complexity index is 639. The molecule has 0 saturated carbocycles. The van der Waals surface area contributed by atoms with Crippen LogP contribution in [0.1, 0.15) is 24.0 Å². The number of aromatic nitrogens is 2. The van der Waals surface area contributed by atoms with Crippen molar-refractivity contribution < 1.29 is 8.78 Å². The normalized spacial score (nSPS) is 10.4. The van der Waals surface area contributed by atoms with Gasteiger partial charge in [-0.2, -0.15) is 0 Å². The SMILES string of the molecule is CCc1nc(C)ncc1C(=S)Nc1c(F)cccc1F. The van der Waals surface area contributed by atoms with Gasteiger partial charge in [-0.15, -0.1) is 0 Å². The minimum Gasteiger partial charge on any atom is -0.341 e. The molecule has 1 heterocycles. The van der Waals surface area contributed by atoms with Crippen LogP contribution in [-0.2, 0) is 6.42 Å². The molecular weight excluding hydrogens is 280 g/mol. The molecule has 0 radical (unpaired) electrons. The van der Waals surface area contributed by atoms with Gasteiger partial charge in [0.05, 0.1) is 5.69 Å². The summed E-state index contributed by atoms with van der Waals surface area (Å²) in [6.45, 7) is 3.70. The fourth-order valence-electron chi connectivity index (χ4n) is 1.77. The highest BCUT2D eigenvalue weighted by atomic mass is 32.1. The molecule has 1 aromatic heterocycles. The van der Waals surface area contributed by atoms with Crippen LogP contribution in [0.4, 0.5) is 14.5 Å². The quantitative estimate of drug-likeness (QED) is 0.880. The van der Waals surface area contributed by atoms with Gasteiger partial charge in [-0.3, -0.25) is 0 Å². The number of benzene rings is 1. The Morgan fingerprint density at radius 2 is 1.95 bits per heavy atom. The molecule has 3 nitrogen and oxygen atoms in total. The Hall–Kier alpha value is -1.95. The smallest absolute Gasteiger partial charge is 0.149 e. The topological polar surface area (TPSA) is 37.8 Å². The van der Waals surface area contributed by atoms with E-state index in [0.717, 1.165) is 5.69 Å². The van der Waals surface area contributed by atoms with E-state index in [2.05, 4.69) is 15.3 Å². The summed E-state index contributed by atoms with van der Waals surface area (Å²) in [4.78, 5) is 8.54. The molecule has 0 saturated heterocycles. The van der Waals surface area contributed by atoms with E-state index in [1.807, 2.05) is 6.92 Å². The van der Waals surface area contributed by atoms with Crippen molar-refractivity contribution >= 4 is 22.9 Å². The van der Waals surface area contributed by atoms with Gasteiger partial charge in [-0.05, 0) is 25.5 Å². The van der Waals surface area contributed by atoms with Crippen LogP contribution in [0, 0.1) is 18.6 Å². The van der Waals surface area contributed by atoms with Gasteiger partial charge in [0.15, 0.2) is 0 Å². The molecule has 0 atom stereocenters. The van der Waals surface area contributed by atoms with Crippen LogP contribution in [-0.4, -0.2) is 15.0 Å². The summed E-state index contributed by atoms with van der Waals surface area (Å²) in [6, 6.07) is 3.63. The first-order valence-electron chi connectivity index (χ1n) is 6.10. The summed E-state index contributed by atoms with van der Waals surface area (Å²) < 4.78 is 27.2. The van der Waals surface area contributed by atoms with Crippen molar-refractivity contribution in [2.75, 3.05) is 5.32 Å². The number of halogens is 2. The van der Waals surface area contributed by atoms with Crippen molar-refractivity contribution in [2.24, 2.45) is 0 Å². The lowest BCUT2D eigenvalue weighted by Crippen LogP contribution is -2.16. The number of rotatable bonds is 3. The van der Waals surface area contributed by atoms with Crippen LogP contribution in [0.3, 0.4) is 0 Å². The van der Waals surface area contributed by atoms with Crippen molar-refractivity contribution in [1.82, 2.24) is 9.97 Å². The standard InChI is InChI=1S/C14H13F2N3S/c1-3-12-9(7-17-8(2)18-12)14(20)19-13-10(15)5-4-6-11(13)16/h4-7H,3H2,1-2H3,(H,19,20). The highest BCUT2D eigenvalue weighted by molar-refractivity contribution is 7.81. The lowest BCUT2D eigenvalue weighted by Gasteiger charge is -2.12. The predicted molar refractivity (Wildman–Crippen MR) is 77.8 cm³/mol. The monoisotopic (exact) mass is 293 g/mol. The largest absolute Gasteiger partial charge is 0.341 e. The van der Waals surface area contributed by atoms with Crippen LogP contribution < -0.4 is 5.32 Å². The Kier molecular flexibility index (Phi) is 4.34. The van der Waals surface area contributed by atoms with E-state index < -0.39 is 11.6 Å². The minimum atomic E-state index is -0.696. The lowest BCUT2D eigenvalue weighted by molar-refractivity contribution is 0.591. The number of hydrogen-bond acceptors (Lipinski definition) is 3. The van der Waals surface area contributed by atoms with Gasteiger partial charge in [0.2, 0.25) is 0 Å². The summed E-state index contributed by atoms with van der Waals surface area (Å²) in [6.07, 6.45) is 2.22. The first-order chi connectivity index (χ1) is 9.52. The molecule has 2 aromatic rings. The number of para-hydroxylation sites is 1. The van der Waals surface area contributed by atoms with E-state index in [-0.39, 0.29) is 10.7 Å². The summed E-state index contributed by atoms with van der Waals surface area (Å²) >= 11 is 5.19. The molecule has 0 fully saturated rings. The molecule has 6 heteroatoms. The van der Waals surface area contributed by atoms with Crippen LogP contribution in [0.15, 0.2) is 24.4 Å². The van der Waals surface area contributed by atoms with Gasteiger partial charge in [0.25, 0.3) is 0 Å². The molecule has 104 valence electrons. The number of anilines is 1. The zero-order valence-corrected chi connectivity index (χ0v) is 11.9. The van der Waals surface area contributed by atoms with Crippen molar-refractivity contribution in [3.63, 3.8) is 0 Å². The predicted octanol–water partition coefficient (Wildman–Crippen LogP) is 3.41. The summed E-state index contributed by atoms with van der Waals surface area (Å²) in [7, 11) is 0. The zero-order valence-electron chi connectivity index (χ0n) is 11.1. The minimum absolute atomic E-state index is 0.200. The molecule has 1 N–H and O–H groups in total. The third kappa shape index (κ3) is 2.96. The highest BCUT2D eigenvalue weighted by Crippen LogP contribution is 2.20. The van der Waals surface area contributed by atoms with Crippen molar-refractivity contribution in [3.8, 4) is 0 Å². The third-order valence-corrected chi connectivity index (χ3v) is 3.09. The average Bonchev–Trinajstić information content (AvgIpc) is 2.42. The lowest BCUT2D eigenvalue weighted by atomic mass is 10.1. The van der Waals surface area contributed by atoms with E-state index in [4.69, 9.17) is 12.2 Å². The average molecular weight is 293 g/mol. The van der Waals surface area contributed by atoms with Crippen LogP contribution >= 0.6 is 12.2 Å². The van der Waals surface area contributed by atoms with Crippen molar-refractivity contribution in [3.05, 3.63) is 53.1 Å². The molecule has 20 heavy (non-hydrogen) atoms. The third-order valence-electron chi connectivity index (χ3n) is 2.77. The van der Waals surface area contributed by atoms with Crippen LogP contribution in [0.5, 0.6) is 0 Å². The molecule has 0 amide bonds. The fraction of sp³-hybridized carbons (Fsp3) is 0.214. The first-order valence-corrected chi connectivity index (χ1v) is 6.51. The van der Waals surface area contributed by atoms with Gasteiger partial charge in [0, 0.05) is 11.8 Å². The maximum Gasteiger partial charge on any atom is 0.149 e. The molecule has 2 rings (SSSR count). The molecule has 0 aliphatic carbocycles. The highest BCUT2D eigenvalue weighted by Gasteiger charge is 2.14. The van der Waals surface area contributed by atoms with Gasteiger partial charge < -0.3 is 5.32 Å². The Labute approximate surface area is 121 Å². The number of nitrogens with one attached hydrogen (secondary N) is 1. The molecular formula is C14H13F2N3S. The van der Waals surface area contributed by atoms with Crippen molar-refractivity contribution in [1.29, 1.82) is 0 Å². The zero-order chi connectivity index (χ0) is 14.7. The molecule has 0 aliphatic heterocycles. The van der Waals surface area contributed by atoms with E-state index in [9.17, 15) is 8.78 Å². The second-order valence-electron chi connectivity index (χ2n) is 4.18. The number of nitrogens with zero attached hydrogens (tertiary/aromatic N) is 2. The summed E-state index contributed by atoms with van der Waals surface area (Å²) in [5, 5.41) is 2.59. The molecule has 0 spiro atoms. The van der Waals surface area contributed by atoms with E-state index in [0.29, 0.717) is 17.8 Å². The van der Waals surface area contributed by atoms with Gasteiger partial charge >= 0.3 is 0 Å². The van der Waals surface area contributed by atoms with E-state index in [1.54, 1.807) is 13.1 Å². The van der Waals surface area contributed by atoms with E-state index in [1.165, 1.54) is 18.2 Å². The Morgan fingerprint density at radius 3 is 2.55 bits per heavy atom. The van der Waals surface area contributed by atoms with Crippen LogP contribution in [0.25, 0.3) is 0 Å². The van der Waals surface area contributed by atoms with Crippen LogP contribution in [0.2, 0.25) is 0 Å². The molecule has 0 bridgehead atoms. The maximum absolute atomic E-state index is 13.6. The second kappa shape index (κ2) is 6.00. The number of hydrogen-bond donors (Lipinski definition) is 1. The van der Waals surface area contributed by atoms with Gasteiger partial charge in [0.1, 0.15) is 28.1 Å². The van der Waals surface area contributed by atoms with Crippen molar-refractivity contribution in [2.45, 2.75) is 20.3 Å². The molecule has 0 unspecified atom stereocenters. The second-order valence-corrected chi connectivity index (χ2v) is 4.59. The maximum atomic E-state index is 13.6. The van der Waals surface area contributed by atoms with Gasteiger partial charge in [-0.1, -0.05) is 25.2 Å². The molecule has 1 aromatic carbocycles. The number of aryl methyl sites for hydroxylation is 2. The fourth-order valence-corrected chi connectivity index (χ4v) is 2.05. The number of thiocarbonyl (C=S) groups is 1. The Balaban J connectivity index is 2.33. The summed E-state index contributed by atoms with van der Waals surface area (Å²) in [5.41, 5.74) is 1.06. The molecule has 0 aliphatic rings. The van der Waals surface area contributed by atoms with Gasteiger partial charge in [-0.25, -0.2) is 18.7 Å². The Morgan fingerprint density at radius 1 is 1.30 bits per heavy atom. The summed E-state index contributed by atoms with van der Waals surface area (Å²) in [5.74, 6) is -0.762. The first kappa shape index (κ1) is 14.5. The van der Waals surface area contributed by atoms with E-state index >= 15 is 0 Å².